The van der Waals surface area contributed by atoms with Crippen molar-refractivity contribution in [1.29, 1.82) is 0 Å². The van der Waals surface area contributed by atoms with Crippen molar-refractivity contribution < 1.29 is 4.74 Å². The average Bonchev–Trinajstić information content (AvgIpc) is 2.47. The van der Waals surface area contributed by atoms with Gasteiger partial charge in [0.2, 0.25) is 0 Å². The molecule has 2 heterocycles. The molecule has 1 N–H and O–H groups in total. The molecule has 112 valence electrons. The molecule has 0 amide bonds. The zero-order chi connectivity index (χ0) is 14.4. The van der Waals surface area contributed by atoms with E-state index in [9.17, 15) is 0 Å². The summed E-state index contributed by atoms with van der Waals surface area (Å²) in [6.07, 6.45) is 5.36. The van der Waals surface area contributed by atoms with E-state index in [4.69, 9.17) is 14.7 Å². The van der Waals surface area contributed by atoms with Crippen molar-refractivity contribution >= 4 is 0 Å². The van der Waals surface area contributed by atoms with Crippen LogP contribution in [0.1, 0.15) is 68.9 Å². The summed E-state index contributed by atoms with van der Waals surface area (Å²) in [5, 5.41) is 3.41. The lowest BCUT2D eigenvalue weighted by atomic mass is 10.0. The first-order valence-electron chi connectivity index (χ1n) is 8.00. The largest absolute Gasteiger partial charge is 0.371 e. The highest BCUT2D eigenvalue weighted by atomic mass is 16.5. The molecule has 0 fully saturated rings. The third-order valence-electron chi connectivity index (χ3n) is 3.73. The van der Waals surface area contributed by atoms with Gasteiger partial charge >= 0.3 is 0 Å². The maximum absolute atomic E-state index is 5.85. The van der Waals surface area contributed by atoms with Gasteiger partial charge < -0.3 is 10.1 Å². The summed E-state index contributed by atoms with van der Waals surface area (Å²) in [4.78, 5) is 9.64. The van der Waals surface area contributed by atoms with Crippen molar-refractivity contribution in [1.82, 2.24) is 15.3 Å². The monoisotopic (exact) mass is 277 g/mol. The van der Waals surface area contributed by atoms with E-state index in [-0.39, 0.29) is 6.10 Å². The molecule has 0 aromatic carbocycles. The summed E-state index contributed by atoms with van der Waals surface area (Å²) in [7, 11) is 0. The second-order valence-corrected chi connectivity index (χ2v) is 5.36. The predicted octanol–water partition coefficient (Wildman–Crippen LogP) is 2.95. The van der Waals surface area contributed by atoms with Crippen LogP contribution in [0.3, 0.4) is 0 Å². The van der Waals surface area contributed by atoms with Crippen molar-refractivity contribution in [3.8, 4) is 0 Å². The molecular weight excluding hydrogens is 250 g/mol. The highest BCUT2D eigenvalue weighted by molar-refractivity contribution is 5.29. The van der Waals surface area contributed by atoms with Gasteiger partial charge in [0.1, 0.15) is 6.10 Å². The summed E-state index contributed by atoms with van der Waals surface area (Å²) < 4.78 is 5.85. The average molecular weight is 277 g/mol. The van der Waals surface area contributed by atoms with Gasteiger partial charge in [-0.3, -0.25) is 0 Å². The molecule has 0 spiro atoms. The number of rotatable bonds is 7. The Kier molecular flexibility index (Phi) is 5.92. The van der Waals surface area contributed by atoms with Crippen molar-refractivity contribution in [2.75, 3.05) is 13.2 Å². The van der Waals surface area contributed by atoms with Crippen LogP contribution in [0.25, 0.3) is 0 Å². The first-order valence-corrected chi connectivity index (χ1v) is 8.00. The predicted molar refractivity (Wildman–Crippen MR) is 80.7 cm³/mol. The van der Waals surface area contributed by atoms with E-state index in [0.717, 1.165) is 51.0 Å². The van der Waals surface area contributed by atoms with Crippen LogP contribution >= 0.6 is 0 Å². The van der Waals surface area contributed by atoms with Gasteiger partial charge in [-0.1, -0.05) is 26.7 Å². The summed E-state index contributed by atoms with van der Waals surface area (Å²) in [5.74, 6) is 0.889. The van der Waals surface area contributed by atoms with E-state index in [1.54, 1.807) is 0 Å². The summed E-state index contributed by atoms with van der Waals surface area (Å²) >= 11 is 0. The van der Waals surface area contributed by atoms with Crippen LogP contribution in [0, 0.1) is 0 Å². The molecule has 4 nitrogen and oxygen atoms in total. The molecular formula is C16H27N3O. The highest BCUT2D eigenvalue weighted by Crippen LogP contribution is 2.24. The molecule has 0 saturated heterocycles. The maximum atomic E-state index is 5.85. The Morgan fingerprint density at radius 1 is 1.20 bits per heavy atom. The molecule has 1 atom stereocenters. The molecule has 0 bridgehead atoms. The lowest BCUT2D eigenvalue weighted by Crippen LogP contribution is -2.28. The van der Waals surface area contributed by atoms with Gasteiger partial charge in [-0.2, -0.15) is 0 Å². The SMILES string of the molecule is CCCc1nc(C(CCC)OCC)nc2c1CCNC2. The van der Waals surface area contributed by atoms with Crippen LogP contribution in [0.5, 0.6) is 0 Å². The maximum Gasteiger partial charge on any atom is 0.157 e. The van der Waals surface area contributed by atoms with Gasteiger partial charge in [0.15, 0.2) is 5.82 Å². The number of hydrogen-bond acceptors (Lipinski definition) is 4. The summed E-state index contributed by atoms with van der Waals surface area (Å²) in [6.45, 7) is 9.05. The third-order valence-corrected chi connectivity index (χ3v) is 3.73. The number of nitrogens with one attached hydrogen (secondary N) is 1. The normalized spacial score (nSPS) is 15.9. The lowest BCUT2D eigenvalue weighted by molar-refractivity contribution is 0.0489. The molecule has 20 heavy (non-hydrogen) atoms. The van der Waals surface area contributed by atoms with Crippen LogP contribution in [-0.2, 0) is 24.1 Å². The summed E-state index contributed by atoms with van der Waals surface area (Å²) in [5.41, 5.74) is 3.81. The third kappa shape index (κ3) is 3.55. The second kappa shape index (κ2) is 7.70. The van der Waals surface area contributed by atoms with Gasteiger partial charge in [0.25, 0.3) is 0 Å². The Balaban J connectivity index is 2.34. The van der Waals surface area contributed by atoms with Crippen molar-refractivity contribution in [2.45, 2.75) is 65.5 Å². The molecule has 0 aliphatic carbocycles. The first-order chi connectivity index (χ1) is 9.80. The Morgan fingerprint density at radius 3 is 2.75 bits per heavy atom. The van der Waals surface area contributed by atoms with E-state index >= 15 is 0 Å². The van der Waals surface area contributed by atoms with Gasteiger partial charge in [0.05, 0.1) is 5.69 Å². The number of aromatic nitrogens is 2. The standard InChI is InChI=1S/C16H27N3O/c1-4-7-13-12-9-10-17-11-14(12)19-16(18-13)15(8-5-2)20-6-3/h15,17H,4-11H2,1-3H3. The molecule has 1 unspecified atom stereocenters. The number of fused-ring (bicyclic) bond motifs is 1. The Hall–Kier alpha value is -1.00. The van der Waals surface area contributed by atoms with Gasteiger partial charge in [-0.15, -0.1) is 0 Å². The Labute approximate surface area is 122 Å². The summed E-state index contributed by atoms with van der Waals surface area (Å²) in [6, 6.07) is 0. The fourth-order valence-corrected chi connectivity index (χ4v) is 2.80. The Morgan fingerprint density at radius 2 is 2.05 bits per heavy atom. The fourth-order valence-electron chi connectivity index (χ4n) is 2.80. The quantitative estimate of drug-likeness (QED) is 0.832. The van der Waals surface area contributed by atoms with Crippen molar-refractivity contribution in [3.05, 3.63) is 22.8 Å². The number of aryl methyl sites for hydroxylation is 1. The molecule has 1 aromatic heterocycles. The van der Waals surface area contributed by atoms with Crippen molar-refractivity contribution in [2.24, 2.45) is 0 Å². The zero-order valence-electron chi connectivity index (χ0n) is 13.0. The van der Waals surface area contributed by atoms with E-state index < -0.39 is 0 Å². The highest BCUT2D eigenvalue weighted by Gasteiger charge is 2.21. The minimum absolute atomic E-state index is 0.0489. The van der Waals surface area contributed by atoms with Crippen LogP contribution in [0.4, 0.5) is 0 Å². The lowest BCUT2D eigenvalue weighted by Gasteiger charge is -2.22. The minimum atomic E-state index is 0.0489. The van der Waals surface area contributed by atoms with Crippen LogP contribution in [-0.4, -0.2) is 23.1 Å². The zero-order valence-corrected chi connectivity index (χ0v) is 13.0. The topological polar surface area (TPSA) is 47.0 Å². The number of nitrogens with zero attached hydrogens (tertiary/aromatic N) is 2. The van der Waals surface area contributed by atoms with E-state index in [2.05, 4.69) is 19.2 Å². The molecule has 1 aromatic rings. The van der Waals surface area contributed by atoms with Crippen LogP contribution < -0.4 is 5.32 Å². The second-order valence-electron chi connectivity index (χ2n) is 5.36. The fraction of sp³-hybridized carbons (Fsp3) is 0.750. The molecule has 1 aliphatic rings. The van der Waals surface area contributed by atoms with E-state index in [1.807, 2.05) is 6.92 Å². The van der Waals surface area contributed by atoms with E-state index in [0.29, 0.717) is 6.61 Å². The smallest absolute Gasteiger partial charge is 0.157 e. The van der Waals surface area contributed by atoms with E-state index in [1.165, 1.54) is 17.0 Å². The first kappa shape index (κ1) is 15.4. The van der Waals surface area contributed by atoms with Gasteiger partial charge in [0, 0.05) is 18.8 Å². The van der Waals surface area contributed by atoms with Crippen molar-refractivity contribution in [3.63, 3.8) is 0 Å². The molecule has 1 aliphatic heterocycles. The van der Waals surface area contributed by atoms with Crippen LogP contribution in [0.2, 0.25) is 0 Å². The van der Waals surface area contributed by atoms with Gasteiger partial charge in [-0.25, -0.2) is 9.97 Å². The molecule has 0 radical (unpaired) electrons. The molecule has 2 rings (SSSR count). The Bertz CT molecular complexity index is 428. The van der Waals surface area contributed by atoms with Crippen LogP contribution in [0.15, 0.2) is 0 Å². The van der Waals surface area contributed by atoms with Gasteiger partial charge in [-0.05, 0) is 38.3 Å². The minimum Gasteiger partial charge on any atom is -0.371 e. The number of hydrogen-bond donors (Lipinski definition) is 1. The number of ether oxygens (including phenoxy) is 1. The molecule has 0 saturated carbocycles. The molecule has 4 heteroatoms.